The molecule has 2 rings (SSSR count). The van der Waals surface area contributed by atoms with E-state index in [4.69, 9.17) is 21.1 Å². The number of hydrogen-bond donors (Lipinski definition) is 0. The van der Waals surface area contributed by atoms with Crippen molar-refractivity contribution in [3.05, 3.63) is 57.3 Å². The third-order valence-corrected chi connectivity index (χ3v) is 3.21. The van der Waals surface area contributed by atoms with Crippen LogP contribution in [0.5, 0.6) is 5.75 Å². The number of nitrogens with zero attached hydrogens (tertiary/aromatic N) is 1. The van der Waals surface area contributed by atoms with Gasteiger partial charge in [0.05, 0.1) is 12.7 Å². The minimum atomic E-state index is -0.458. The van der Waals surface area contributed by atoms with Gasteiger partial charge in [0.2, 0.25) is 0 Å². The highest BCUT2D eigenvalue weighted by Gasteiger charge is 2.11. The molecule has 2 aromatic rings. The van der Waals surface area contributed by atoms with Crippen molar-refractivity contribution in [1.29, 1.82) is 0 Å². The first-order chi connectivity index (χ1) is 9.60. The Bertz CT molecular complexity index is 634. The van der Waals surface area contributed by atoms with Gasteiger partial charge >= 0.3 is 5.97 Å². The zero-order chi connectivity index (χ0) is 14.5. The third-order valence-electron chi connectivity index (χ3n) is 2.54. The third kappa shape index (κ3) is 3.71. The van der Waals surface area contributed by atoms with Crippen LogP contribution >= 0.6 is 27.5 Å². The number of carbonyl (C=O) groups is 1. The highest BCUT2D eigenvalue weighted by Crippen LogP contribution is 2.23. The van der Waals surface area contributed by atoms with Gasteiger partial charge < -0.3 is 9.47 Å². The van der Waals surface area contributed by atoms with Crippen LogP contribution in [0.25, 0.3) is 0 Å². The number of hydrogen-bond acceptors (Lipinski definition) is 4. The predicted octanol–water partition coefficient (Wildman–Crippen LogP) is 3.86. The Hall–Kier alpha value is -1.59. The Kier molecular flexibility index (Phi) is 4.98. The molecule has 0 N–H and O–H groups in total. The molecule has 4 nitrogen and oxygen atoms in total. The van der Waals surface area contributed by atoms with E-state index in [-0.39, 0.29) is 6.61 Å². The Labute approximate surface area is 129 Å². The Morgan fingerprint density at radius 1 is 1.35 bits per heavy atom. The van der Waals surface area contributed by atoms with Crippen LogP contribution in [-0.2, 0) is 11.3 Å². The van der Waals surface area contributed by atoms with Crippen LogP contribution in [0, 0.1) is 0 Å². The summed E-state index contributed by atoms with van der Waals surface area (Å²) in [6, 6.07) is 6.79. The van der Waals surface area contributed by atoms with E-state index in [0.29, 0.717) is 26.4 Å². The summed E-state index contributed by atoms with van der Waals surface area (Å²) in [4.78, 5) is 15.8. The van der Waals surface area contributed by atoms with Crippen molar-refractivity contribution in [2.75, 3.05) is 7.11 Å². The number of rotatable bonds is 4. The van der Waals surface area contributed by atoms with Crippen molar-refractivity contribution in [3.63, 3.8) is 0 Å². The standard InChI is InChI=1S/C14H11BrClNO3/c1-19-13-3-2-12(16)5-10(13)8-20-14(18)9-4-11(15)7-17-6-9/h2-7H,8H2,1H3. The lowest BCUT2D eigenvalue weighted by atomic mass is 10.2. The molecule has 1 aromatic heterocycles. The fraction of sp³-hybridized carbons (Fsp3) is 0.143. The van der Waals surface area contributed by atoms with Gasteiger partial charge in [-0.05, 0) is 40.2 Å². The minimum absolute atomic E-state index is 0.0785. The molecular weight excluding hydrogens is 346 g/mol. The van der Waals surface area contributed by atoms with Gasteiger partial charge in [0.15, 0.2) is 0 Å². The van der Waals surface area contributed by atoms with Gasteiger partial charge in [-0.15, -0.1) is 0 Å². The summed E-state index contributed by atoms with van der Waals surface area (Å²) in [7, 11) is 1.55. The first-order valence-electron chi connectivity index (χ1n) is 5.70. The van der Waals surface area contributed by atoms with Crippen molar-refractivity contribution in [2.24, 2.45) is 0 Å². The Morgan fingerprint density at radius 2 is 2.15 bits per heavy atom. The molecule has 0 unspecified atom stereocenters. The first-order valence-corrected chi connectivity index (χ1v) is 6.87. The molecule has 0 aliphatic carbocycles. The molecule has 1 aromatic carbocycles. The van der Waals surface area contributed by atoms with Crippen molar-refractivity contribution in [2.45, 2.75) is 6.61 Å². The largest absolute Gasteiger partial charge is 0.496 e. The topological polar surface area (TPSA) is 48.4 Å². The Balaban J connectivity index is 2.09. The zero-order valence-corrected chi connectivity index (χ0v) is 12.9. The van der Waals surface area contributed by atoms with E-state index in [1.165, 1.54) is 6.20 Å². The number of benzene rings is 1. The van der Waals surface area contributed by atoms with E-state index in [9.17, 15) is 4.79 Å². The maximum absolute atomic E-state index is 11.9. The fourth-order valence-electron chi connectivity index (χ4n) is 1.61. The molecule has 1 heterocycles. The molecule has 0 bridgehead atoms. The smallest absolute Gasteiger partial charge is 0.340 e. The van der Waals surface area contributed by atoms with Crippen molar-refractivity contribution < 1.29 is 14.3 Å². The van der Waals surface area contributed by atoms with E-state index in [1.807, 2.05) is 0 Å². The number of esters is 1. The van der Waals surface area contributed by atoms with Crippen molar-refractivity contribution in [3.8, 4) is 5.75 Å². The number of carbonyl (C=O) groups excluding carboxylic acids is 1. The van der Waals surface area contributed by atoms with Gasteiger partial charge in [0, 0.05) is 27.5 Å². The average molecular weight is 357 g/mol. The van der Waals surface area contributed by atoms with Crippen LogP contribution in [-0.4, -0.2) is 18.1 Å². The minimum Gasteiger partial charge on any atom is -0.496 e. The molecular formula is C14H11BrClNO3. The van der Waals surface area contributed by atoms with E-state index < -0.39 is 5.97 Å². The lowest BCUT2D eigenvalue weighted by Crippen LogP contribution is -2.06. The molecule has 0 spiro atoms. The van der Waals surface area contributed by atoms with Gasteiger partial charge in [-0.1, -0.05) is 11.6 Å². The molecule has 0 atom stereocenters. The number of ether oxygens (including phenoxy) is 2. The second-order valence-corrected chi connectivity index (χ2v) is 5.28. The van der Waals surface area contributed by atoms with Gasteiger partial charge in [0.1, 0.15) is 12.4 Å². The maximum Gasteiger partial charge on any atom is 0.340 e. The van der Waals surface area contributed by atoms with Crippen LogP contribution in [0.1, 0.15) is 15.9 Å². The molecule has 0 aliphatic rings. The molecule has 0 amide bonds. The van der Waals surface area contributed by atoms with Crippen LogP contribution in [0.4, 0.5) is 0 Å². The second kappa shape index (κ2) is 6.72. The summed E-state index contributed by atoms with van der Waals surface area (Å²) < 4.78 is 11.1. The number of pyridine rings is 1. The summed E-state index contributed by atoms with van der Waals surface area (Å²) in [5.41, 5.74) is 1.08. The fourth-order valence-corrected chi connectivity index (χ4v) is 2.17. The summed E-state index contributed by atoms with van der Waals surface area (Å²) in [5.74, 6) is 0.162. The van der Waals surface area contributed by atoms with Gasteiger partial charge in [-0.3, -0.25) is 4.98 Å². The molecule has 0 saturated carbocycles. The van der Waals surface area contributed by atoms with Crippen LogP contribution in [0.15, 0.2) is 41.1 Å². The van der Waals surface area contributed by atoms with Gasteiger partial charge in [-0.25, -0.2) is 4.79 Å². The van der Waals surface area contributed by atoms with E-state index >= 15 is 0 Å². The predicted molar refractivity (Wildman–Crippen MR) is 79.1 cm³/mol. The summed E-state index contributed by atoms with van der Waals surface area (Å²) >= 11 is 9.17. The summed E-state index contributed by atoms with van der Waals surface area (Å²) in [6.45, 7) is 0.0785. The number of halogens is 2. The quantitative estimate of drug-likeness (QED) is 0.781. The Morgan fingerprint density at radius 3 is 2.85 bits per heavy atom. The van der Waals surface area contributed by atoms with Crippen LogP contribution in [0.2, 0.25) is 5.02 Å². The second-order valence-electron chi connectivity index (χ2n) is 3.92. The number of methoxy groups -OCH3 is 1. The summed E-state index contributed by atoms with van der Waals surface area (Å²) in [5, 5.41) is 0.556. The van der Waals surface area contributed by atoms with Gasteiger partial charge in [0.25, 0.3) is 0 Å². The van der Waals surface area contributed by atoms with E-state index in [0.717, 1.165) is 0 Å². The van der Waals surface area contributed by atoms with Crippen molar-refractivity contribution in [1.82, 2.24) is 4.98 Å². The zero-order valence-electron chi connectivity index (χ0n) is 10.6. The molecule has 104 valence electrons. The highest BCUT2D eigenvalue weighted by molar-refractivity contribution is 9.10. The lowest BCUT2D eigenvalue weighted by molar-refractivity contribution is 0.0469. The normalized spacial score (nSPS) is 10.2. The average Bonchev–Trinajstić information content (AvgIpc) is 2.45. The summed E-state index contributed by atoms with van der Waals surface area (Å²) in [6.07, 6.45) is 3.04. The lowest BCUT2D eigenvalue weighted by Gasteiger charge is -2.09. The molecule has 20 heavy (non-hydrogen) atoms. The molecule has 0 saturated heterocycles. The molecule has 0 radical (unpaired) electrons. The first kappa shape index (κ1) is 14.8. The van der Waals surface area contributed by atoms with Gasteiger partial charge in [-0.2, -0.15) is 0 Å². The van der Waals surface area contributed by atoms with E-state index in [1.54, 1.807) is 37.6 Å². The van der Waals surface area contributed by atoms with E-state index in [2.05, 4.69) is 20.9 Å². The molecule has 0 aliphatic heterocycles. The van der Waals surface area contributed by atoms with Crippen molar-refractivity contribution >= 4 is 33.5 Å². The molecule has 6 heteroatoms. The number of aromatic nitrogens is 1. The molecule has 0 fully saturated rings. The monoisotopic (exact) mass is 355 g/mol. The highest BCUT2D eigenvalue weighted by atomic mass is 79.9. The SMILES string of the molecule is COc1ccc(Cl)cc1COC(=O)c1cncc(Br)c1. The van der Waals surface area contributed by atoms with Crippen LogP contribution in [0.3, 0.4) is 0 Å². The van der Waals surface area contributed by atoms with Crippen LogP contribution < -0.4 is 4.74 Å². The maximum atomic E-state index is 11.9.